The molecule has 0 aliphatic heterocycles. The van der Waals surface area contributed by atoms with Crippen LogP contribution in [0.1, 0.15) is 90.9 Å². The highest BCUT2D eigenvalue weighted by Gasteiger charge is 2.57. The summed E-state index contributed by atoms with van der Waals surface area (Å²) >= 11 is 0. The molecule has 1 saturated carbocycles. The lowest BCUT2D eigenvalue weighted by Gasteiger charge is -2.46. The number of fused-ring (bicyclic) bond motifs is 8. The fourth-order valence-electron chi connectivity index (χ4n) is 8.57. The summed E-state index contributed by atoms with van der Waals surface area (Å²) in [6, 6.07) is 20.6. The van der Waals surface area contributed by atoms with E-state index in [2.05, 4.69) is 11.4 Å². The molecule has 0 heterocycles. The third-order valence-electron chi connectivity index (χ3n) is 12.0. The lowest BCUT2D eigenvalue weighted by Crippen LogP contribution is -2.54. The summed E-state index contributed by atoms with van der Waals surface area (Å²) in [6.07, 6.45) is 4.91. The monoisotopic (exact) mass is 782 g/mol. The fourth-order valence-corrected chi connectivity index (χ4v) is 8.57. The number of ether oxygens (including phenoxy) is 3. The Morgan fingerprint density at radius 2 is 1.61 bits per heavy atom. The molecule has 0 radical (unpaired) electrons. The van der Waals surface area contributed by atoms with Gasteiger partial charge in [0.05, 0.1) is 46.1 Å². The number of carbonyl (C=O) groups is 2. The lowest BCUT2D eigenvalue weighted by molar-refractivity contribution is -0.0773. The average Bonchev–Trinajstić information content (AvgIpc) is 3.46. The molecule has 57 heavy (non-hydrogen) atoms. The molecule has 7 rings (SSSR count). The number of nitrogens with one attached hydrogen (secondary N) is 1. The number of halogens is 2. The second-order valence-electron chi connectivity index (χ2n) is 15.6. The van der Waals surface area contributed by atoms with Crippen molar-refractivity contribution in [1.82, 2.24) is 4.90 Å². The normalized spacial score (nSPS) is 22.2. The van der Waals surface area contributed by atoms with E-state index in [9.17, 15) is 28.6 Å². The van der Waals surface area contributed by atoms with Crippen molar-refractivity contribution in [3.05, 3.63) is 130 Å². The summed E-state index contributed by atoms with van der Waals surface area (Å²) in [6.45, 7) is 4.10. The van der Waals surface area contributed by atoms with Crippen molar-refractivity contribution in [2.45, 2.75) is 83.0 Å². The van der Waals surface area contributed by atoms with E-state index in [1.807, 2.05) is 32.0 Å². The average molecular weight is 783 g/mol. The summed E-state index contributed by atoms with van der Waals surface area (Å²) in [7, 11) is 4.68. The summed E-state index contributed by atoms with van der Waals surface area (Å²) < 4.78 is 44.9. The minimum atomic E-state index is -1.45. The number of hydrogen-bond acceptors (Lipinski definition) is 7. The van der Waals surface area contributed by atoms with E-state index in [0.717, 1.165) is 23.3 Å². The number of nitrogens with zero attached hydrogens (tertiary/aromatic N) is 1. The van der Waals surface area contributed by atoms with Crippen LogP contribution in [0.3, 0.4) is 0 Å². The van der Waals surface area contributed by atoms with Crippen LogP contribution in [0.25, 0.3) is 0 Å². The zero-order chi connectivity index (χ0) is 40.9. The van der Waals surface area contributed by atoms with Crippen LogP contribution >= 0.6 is 0 Å². The largest absolute Gasteiger partial charge is 0.497 e. The van der Waals surface area contributed by atoms with Crippen molar-refractivity contribution in [3.8, 4) is 17.2 Å². The highest BCUT2D eigenvalue weighted by molar-refractivity contribution is 6.10. The molecular weight excluding hydrogens is 731 g/mol. The Bertz CT molecular complexity index is 2120. The number of benzene rings is 4. The van der Waals surface area contributed by atoms with Crippen molar-refractivity contribution in [1.29, 1.82) is 0 Å². The van der Waals surface area contributed by atoms with E-state index in [0.29, 0.717) is 84.6 Å². The van der Waals surface area contributed by atoms with Crippen LogP contribution in [0, 0.1) is 17.0 Å². The van der Waals surface area contributed by atoms with Gasteiger partial charge in [0.2, 0.25) is 0 Å². The molecule has 3 N–H and O–H groups in total. The molecule has 4 atom stereocenters. The molecule has 302 valence electrons. The fraction of sp³-hybridized carbons (Fsp3) is 0.391. The molecule has 4 unspecified atom stereocenters. The van der Waals surface area contributed by atoms with Crippen LogP contribution < -0.4 is 19.5 Å². The van der Waals surface area contributed by atoms with Crippen LogP contribution in [-0.2, 0) is 13.0 Å². The molecule has 11 heteroatoms. The molecule has 2 amide bonds. The van der Waals surface area contributed by atoms with Gasteiger partial charge in [-0.3, -0.25) is 4.79 Å². The number of carbonyl (C=O) groups excluding carboxylic acids is 2. The van der Waals surface area contributed by atoms with Crippen molar-refractivity contribution in [3.63, 3.8) is 0 Å². The van der Waals surface area contributed by atoms with Gasteiger partial charge >= 0.3 is 6.03 Å². The summed E-state index contributed by atoms with van der Waals surface area (Å²) in [5, 5.41) is 27.1. The van der Waals surface area contributed by atoms with E-state index in [1.165, 1.54) is 6.07 Å². The lowest BCUT2D eigenvalue weighted by atomic mass is 9.64. The van der Waals surface area contributed by atoms with Crippen LogP contribution in [-0.4, -0.2) is 66.5 Å². The van der Waals surface area contributed by atoms with Gasteiger partial charge in [-0.15, -0.1) is 0 Å². The van der Waals surface area contributed by atoms with Crippen molar-refractivity contribution in [2.24, 2.45) is 5.41 Å². The molecule has 2 bridgehead atoms. The first-order valence-corrected chi connectivity index (χ1v) is 19.4. The Kier molecular flexibility index (Phi) is 12.7. The smallest absolute Gasteiger partial charge is 0.322 e. The third kappa shape index (κ3) is 9.00. The number of amides is 2. The molecule has 0 aromatic heterocycles. The second-order valence-corrected chi connectivity index (χ2v) is 15.6. The van der Waals surface area contributed by atoms with E-state index < -0.39 is 40.6 Å². The first-order valence-electron chi connectivity index (χ1n) is 19.4. The van der Waals surface area contributed by atoms with Gasteiger partial charge in [0, 0.05) is 33.9 Å². The summed E-state index contributed by atoms with van der Waals surface area (Å²) in [5.41, 5.74) is 1.75. The standard InChI is InChI=1S/C46H52F2N2O7/c1-29-7-6-21-45(2)39(37-18-9-30(23-34(51)14-8-29)24-38(37)43(52)31-11-19-40(47)41(48)25-31)20-22-46(45,54)28-50(27-32-10-15-36(56-4)26-42(32)57-5)44(53)49-33-12-16-35(55-3)17-13-33/h7,9-13,15-19,24-26,34,39,51,54H,6,8,14,20-23,27-28H2,1-5H3,(H,49,53). The zero-order valence-corrected chi connectivity index (χ0v) is 33.2. The maximum Gasteiger partial charge on any atom is 0.322 e. The van der Waals surface area contributed by atoms with E-state index in [4.69, 9.17) is 14.2 Å². The number of aliphatic hydroxyl groups excluding tert-OH is 1. The zero-order valence-electron chi connectivity index (χ0n) is 33.2. The van der Waals surface area contributed by atoms with Crippen LogP contribution in [0.2, 0.25) is 0 Å². The van der Waals surface area contributed by atoms with Crippen LogP contribution in [0.4, 0.5) is 19.3 Å². The summed E-state index contributed by atoms with van der Waals surface area (Å²) in [5.74, 6) is -1.29. The topological polar surface area (TPSA) is 118 Å². The number of anilines is 1. The number of urea groups is 1. The molecule has 9 nitrogen and oxygen atoms in total. The number of aliphatic hydroxyl groups is 2. The highest BCUT2D eigenvalue weighted by Crippen LogP contribution is 2.59. The Morgan fingerprint density at radius 1 is 0.877 bits per heavy atom. The first kappa shape index (κ1) is 41.4. The molecule has 3 aliphatic rings. The van der Waals surface area contributed by atoms with Gasteiger partial charge in [0.25, 0.3) is 0 Å². The maximum atomic E-state index is 14.5. The molecular formula is C46H52F2N2O7. The SMILES string of the molecule is COc1ccc(NC(=O)N(Cc2ccc(OC)cc2OC)CC2(O)CCC3c4ccc(cc4C(=O)c4ccc(F)c(F)c4)CC(O)CCC(C)=CCCC32C)cc1. The maximum absolute atomic E-state index is 14.5. The van der Waals surface area contributed by atoms with Crippen molar-refractivity contribution < 1.29 is 42.8 Å². The van der Waals surface area contributed by atoms with Crippen LogP contribution in [0.5, 0.6) is 17.2 Å². The quantitative estimate of drug-likeness (QED) is 0.109. The van der Waals surface area contributed by atoms with E-state index in [1.54, 1.807) is 68.7 Å². The number of methoxy groups -OCH3 is 3. The van der Waals surface area contributed by atoms with Gasteiger partial charge in [-0.05, 0) is 130 Å². The molecule has 4 aromatic rings. The predicted molar refractivity (Wildman–Crippen MR) is 215 cm³/mol. The minimum Gasteiger partial charge on any atom is -0.497 e. The Labute approximate surface area is 333 Å². The highest BCUT2D eigenvalue weighted by atomic mass is 19.2. The van der Waals surface area contributed by atoms with Crippen molar-refractivity contribution in [2.75, 3.05) is 33.2 Å². The van der Waals surface area contributed by atoms with E-state index >= 15 is 0 Å². The van der Waals surface area contributed by atoms with Crippen LogP contribution in [0.15, 0.2) is 90.5 Å². The molecule has 0 saturated heterocycles. The Morgan fingerprint density at radius 3 is 2.32 bits per heavy atom. The molecule has 4 aromatic carbocycles. The molecule has 1 fully saturated rings. The Hall–Kier alpha value is -5.26. The minimum absolute atomic E-state index is 0.00250. The molecule has 0 spiro atoms. The van der Waals surface area contributed by atoms with Gasteiger partial charge in [0.15, 0.2) is 17.4 Å². The number of ketones is 1. The van der Waals surface area contributed by atoms with Crippen molar-refractivity contribution >= 4 is 17.5 Å². The second kappa shape index (κ2) is 17.5. The molecule has 3 aliphatic carbocycles. The third-order valence-corrected chi connectivity index (χ3v) is 12.0. The van der Waals surface area contributed by atoms with Gasteiger partial charge in [-0.1, -0.05) is 30.7 Å². The van der Waals surface area contributed by atoms with E-state index in [-0.39, 0.29) is 24.6 Å². The van der Waals surface area contributed by atoms with Gasteiger partial charge in [-0.25, -0.2) is 13.6 Å². The first-order chi connectivity index (χ1) is 27.3. The number of hydrogen-bond donors (Lipinski definition) is 3. The van der Waals surface area contributed by atoms with Gasteiger partial charge in [0.1, 0.15) is 17.2 Å². The number of rotatable bonds is 10. The van der Waals surface area contributed by atoms with Gasteiger partial charge in [-0.2, -0.15) is 0 Å². The summed E-state index contributed by atoms with van der Waals surface area (Å²) in [4.78, 5) is 30.3. The number of allylic oxidation sites excluding steroid dienone is 2. The predicted octanol–water partition coefficient (Wildman–Crippen LogP) is 8.99. The van der Waals surface area contributed by atoms with Gasteiger partial charge < -0.3 is 34.6 Å². The Balaban J connectivity index is 1.44.